The van der Waals surface area contributed by atoms with E-state index in [0.29, 0.717) is 16.6 Å². The Morgan fingerprint density at radius 2 is 2.18 bits per heavy atom. The first-order valence-corrected chi connectivity index (χ1v) is 6.18. The van der Waals surface area contributed by atoms with Crippen LogP contribution in [0, 0.1) is 6.92 Å². The molecule has 17 heavy (non-hydrogen) atoms. The number of carbonyl (C=O) groups excluding carboxylic acids is 1. The van der Waals surface area contributed by atoms with Gasteiger partial charge in [-0.1, -0.05) is 24.6 Å². The van der Waals surface area contributed by atoms with Gasteiger partial charge in [0.1, 0.15) is 0 Å². The molecule has 0 radical (unpaired) electrons. The van der Waals surface area contributed by atoms with Gasteiger partial charge in [-0.05, 0) is 43.3 Å². The van der Waals surface area contributed by atoms with Crippen LogP contribution < -0.4 is 10.6 Å². The first-order chi connectivity index (χ1) is 8.02. The summed E-state index contributed by atoms with van der Waals surface area (Å²) in [6, 6.07) is 5.52. The van der Waals surface area contributed by atoms with E-state index in [0.717, 1.165) is 17.7 Å². The van der Waals surface area contributed by atoms with Crippen LogP contribution in [0.1, 0.15) is 25.3 Å². The number of rotatable bonds is 3. The third-order valence-electron chi connectivity index (χ3n) is 2.16. The zero-order valence-corrected chi connectivity index (χ0v) is 11.4. The van der Waals surface area contributed by atoms with Crippen LogP contribution in [0.2, 0.25) is 5.02 Å². The molecule has 5 heteroatoms. The predicted octanol–water partition coefficient (Wildman–Crippen LogP) is 3.26. The molecule has 0 unspecified atom stereocenters. The zero-order chi connectivity index (χ0) is 12.8. The van der Waals surface area contributed by atoms with E-state index >= 15 is 0 Å². The van der Waals surface area contributed by atoms with E-state index < -0.39 is 0 Å². The molecule has 3 nitrogen and oxygen atoms in total. The van der Waals surface area contributed by atoms with Gasteiger partial charge in [-0.2, -0.15) is 0 Å². The largest absolute Gasteiger partial charge is 0.332 e. The maximum Gasteiger partial charge on any atom is 0.226 e. The van der Waals surface area contributed by atoms with Crippen molar-refractivity contribution in [2.24, 2.45) is 0 Å². The molecule has 0 aliphatic heterocycles. The third-order valence-corrected chi connectivity index (χ3v) is 2.77. The van der Waals surface area contributed by atoms with Gasteiger partial charge in [-0.15, -0.1) is 0 Å². The Bertz CT molecular complexity index is 435. The molecule has 0 aliphatic rings. The Morgan fingerprint density at radius 1 is 1.47 bits per heavy atom. The Labute approximate surface area is 112 Å². The van der Waals surface area contributed by atoms with Crippen LogP contribution in [0.3, 0.4) is 0 Å². The number of hydrogen-bond donors (Lipinski definition) is 2. The van der Waals surface area contributed by atoms with Gasteiger partial charge in [0, 0.05) is 17.1 Å². The Morgan fingerprint density at radius 3 is 2.76 bits per heavy atom. The predicted molar refractivity (Wildman–Crippen MR) is 75.5 cm³/mol. The fourth-order valence-corrected chi connectivity index (χ4v) is 1.66. The highest BCUT2D eigenvalue weighted by molar-refractivity contribution is 7.80. The highest BCUT2D eigenvalue weighted by Gasteiger charge is 2.04. The van der Waals surface area contributed by atoms with E-state index in [-0.39, 0.29) is 5.91 Å². The maximum absolute atomic E-state index is 11.3. The van der Waals surface area contributed by atoms with E-state index in [2.05, 4.69) is 10.6 Å². The Hall–Kier alpha value is -1.13. The lowest BCUT2D eigenvalue weighted by Crippen LogP contribution is -2.33. The van der Waals surface area contributed by atoms with Crippen LogP contribution in [0.4, 0.5) is 5.69 Å². The molecule has 92 valence electrons. The Kier molecular flexibility index (Phi) is 5.38. The fourth-order valence-electron chi connectivity index (χ4n) is 1.25. The van der Waals surface area contributed by atoms with E-state index in [4.69, 9.17) is 23.8 Å². The Balaban J connectivity index is 2.56. The minimum atomic E-state index is -0.0804. The van der Waals surface area contributed by atoms with E-state index in [1.165, 1.54) is 0 Å². The van der Waals surface area contributed by atoms with Gasteiger partial charge in [0.15, 0.2) is 5.11 Å². The lowest BCUT2D eigenvalue weighted by atomic mass is 10.2. The first-order valence-electron chi connectivity index (χ1n) is 5.40. The smallest absolute Gasteiger partial charge is 0.226 e. The number of benzene rings is 1. The SMILES string of the molecule is CCCC(=O)NC(=S)Nc1ccc(C)c(Cl)c1. The molecule has 0 saturated carbocycles. The molecule has 0 fully saturated rings. The lowest BCUT2D eigenvalue weighted by Gasteiger charge is -2.10. The second-order valence-electron chi connectivity index (χ2n) is 3.72. The molecule has 0 saturated heterocycles. The highest BCUT2D eigenvalue weighted by atomic mass is 35.5. The minimum absolute atomic E-state index is 0.0804. The summed E-state index contributed by atoms with van der Waals surface area (Å²) in [5.41, 5.74) is 1.76. The quantitative estimate of drug-likeness (QED) is 0.829. The number of carbonyl (C=O) groups is 1. The molecule has 2 N–H and O–H groups in total. The van der Waals surface area contributed by atoms with Crippen molar-refractivity contribution < 1.29 is 4.79 Å². The summed E-state index contributed by atoms with van der Waals surface area (Å²) >= 11 is 11.0. The molecule has 1 aromatic rings. The number of halogens is 1. The molecule has 1 rings (SSSR count). The highest BCUT2D eigenvalue weighted by Crippen LogP contribution is 2.19. The van der Waals surface area contributed by atoms with Crippen molar-refractivity contribution >= 4 is 40.5 Å². The molecule has 0 heterocycles. The van der Waals surface area contributed by atoms with Gasteiger partial charge >= 0.3 is 0 Å². The van der Waals surface area contributed by atoms with Gasteiger partial charge in [-0.25, -0.2) is 0 Å². The van der Waals surface area contributed by atoms with Crippen LogP contribution in [-0.4, -0.2) is 11.0 Å². The molecule has 0 atom stereocenters. The van der Waals surface area contributed by atoms with E-state index in [1.54, 1.807) is 6.07 Å². The number of hydrogen-bond acceptors (Lipinski definition) is 2. The molecular weight excluding hydrogens is 256 g/mol. The summed E-state index contributed by atoms with van der Waals surface area (Å²) in [7, 11) is 0. The number of nitrogens with one attached hydrogen (secondary N) is 2. The number of amides is 1. The van der Waals surface area contributed by atoms with Crippen LogP contribution in [0.5, 0.6) is 0 Å². The normalized spacial score (nSPS) is 9.82. The maximum atomic E-state index is 11.3. The molecule has 0 bridgehead atoms. The number of aryl methyl sites for hydroxylation is 1. The van der Waals surface area contributed by atoms with Crippen molar-refractivity contribution in [2.75, 3.05) is 5.32 Å². The van der Waals surface area contributed by atoms with Gasteiger partial charge in [-0.3, -0.25) is 4.79 Å². The second kappa shape index (κ2) is 6.57. The standard InChI is InChI=1S/C12H15ClN2OS/c1-3-4-11(16)15-12(17)14-9-6-5-8(2)10(13)7-9/h5-7H,3-4H2,1-2H3,(H2,14,15,16,17). The lowest BCUT2D eigenvalue weighted by molar-refractivity contribution is -0.119. The number of anilines is 1. The third kappa shape index (κ3) is 4.71. The summed E-state index contributed by atoms with van der Waals surface area (Å²) in [6.45, 7) is 3.86. The van der Waals surface area contributed by atoms with Crippen LogP contribution >= 0.6 is 23.8 Å². The summed E-state index contributed by atoms with van der Waals surface area (Å²) in [5.74, 6) is -0.0804. The van der Waals surface area contributed by atoms with Crippen LogP contribution in [0.15, 0.2) is 18.2 Å². The van der Waals surface area contributed by atoms with Gasteiger partial charge in [0.05, 0.1) is 0 Å². The number of thiocarbonyl (C=S) groups is 1. The van der Waals surface area contributed by atoms with Crippen molar-refractivity contribution in [1.29, 1.82) is 0 Å². The van der Waals surface area contributed by atoms with Crippen LogP contribution in [0.25, 0.3) is 0 Å². The van der Waals surface area contributed by atoms with Gasteiger partial charge in [0.25, 0.3) is 0 Å². The van der Waals surface area contributed by atoms with Gasteiger partial charge in [0.2, 0.25) is 5.91 Å². The molecule has 0 aliphatic carbocycles. The second-order valence-corrected chi connectivity index (χ2v) is 4.53. The molecule has 1 amide bonds. The summed E-state index contributed by atoms with van der Waals surface area (Å²) in [6.07, 6.45) is 1.27. The van der Waals surface area contributed by atoms with E-state index in [1.807, 2.05) is 26.0 Å². The van der Waals surface area contributed by atoms with Crippen LogP contribution in [-0.2, 0) is 4.79 Å². The zero-order valence-electron chi connectivity index (χ0n) is 9.84. The van der Waals surface area contributed by atoms with Gasteiger partial charge < -0.3 is 10.6 Å². The topological polar surface area (TPSA) is 41.1 Å². The summed E-state index contributed by atoms with van der Waals surface area (Å²) < 4.78 is 0. The summed E-state index contributed by atoms with van der Waals surface area (Å²) in [5, 5.41) is 6.48. The molecule has 1 aromatic carbocycles. The average molecular weight is 271 g/mol. The summed E-state index contributed by atoms with van der Waals surface area (Å²) in [4.78, 5) is 11.3. The van der Waals surface area contributed by atoms with Crippen molar-refractivity contribution in [2.45, 2.75) is 26.7 Å². The first kappa shape index (κ1) is 13.9. The monoisotopic (exact) mass is 270 g/mol. The molecule has 0 aromatic heterocycles. The van der Waals surface area contributed by atoms with Crippen molar-refractivity contribution in [3.8, 4) is 0 Å². The minimum Gasteiger partial charge on any atom is -0.332 e. The molecule has 0 spiro atoms. The van der Waals surface area contributed by atoms with Crippen molar-refractivity contribution in [3.05, 3.63) is 28.8 Å². The fraction of sp³-hybridized carbons (Fsp3) is 0.333. The molecular formula is C12H15ClN2OS. The van der Waals surface area contributed by atoms with Crippen molar-refractivity contribution in [1.82, 2.24) is 5.32 Å². The van der Waals surface area contributed by atoms with Crippen molar-refractivity contribution in [3.63, 3.8) is 0 Å². The van der Waals surface area contributed by atoms with E-state index in [9.17, 15) is 4.79 Å². The average Bonchev–Trinajstić information content (AvgIpc) is 2.23.